The molecule has 1 nitrogen and oxygen atoms in total. The molecular weight excluding hydrogens is 250 g/mol. The van der Waals surface area contributed by atoms with E-state index >= 15 is 0 Å². The Hall–Kier alpha value is -0.470. The minimum absolute atomic E-state index is 0.551. The largest absolute Gasteiger partial charge is 0.310 e. The lowest BCUT2D eigenvalue weighted by Crippen LogP contribution is -2.21. The zero-order valence-electron chi connectivity index (χ0n) is 12.5. The van der Waals surface area contributed by atoms with Gasteiger partial charge >= 0.3 is 0 Å². The number of hydrogen-bond donors (Lipinski definition) is 1. The van der Waals surface area contributed by atoms with E-state index in [1.165, 1.54) is 36.1 Å². The van der Waals surface area contributed by atoms with Crippen molar-refractivity contribution in [3.05, 3.63) is 29.8 Å². The summed E-state index contributed by atoms with van der Waals surface area (Å²) < 4.78 is 0. The van der Waals surface area contributed by atoms with Crippen molar-refractivity contribution in [1.29, 1.82) is 0 Å². The molecule has 0 amide bonds. The van der Waals surface area contributed by atoms with Gasteiger partial charge in [-0.15, -0.1) is 11.8 Å². The number of hydrogen-bond acceptors (Lipinski definition) is 2. The maximum Gasteiger partial charge on any atom is 0.0208 e. The maximum absolute atomic E-state index is 3.49. The highest BCUT2D eigenvalue weighted by Gasteiger charge is 2.19. The lowest BCUT2D eigenvalue weighted by molar-refractivity contribution is 0.394. The average molecular weight is 277 g/mol. The Morgan fingerprint density at radius 2 is 2.16 bits per heavy atom. The van der Waals surface area contributed by atoms with Gasteiger partial charge in [0, 0.05) is 22.7 Å². The summed E-state index contributed by atoms with van der Waals surface area (Å²) in [6.07, 6.45) is 5.62. The molecule has 1 aliphatic rings. The molecule has 2 atom stereocenters. The predicted molar refractivity (Wildman–Crippen MR) is 85.7 cm³/mol. The van der Waals surface area contributed by atoms with Gasteiger partial charge in [0.25, 0.3) is 0 Å². The first-order chi connectivity index (χ1) is 9.13. The zero-order chi connectivity index (χ0) is 13.7. The quantitative estimate of drug-likeness (QED) is 0.825. The van der Waals surface area contributed by atoms with Crippen LogP contribution in [0, 0.1) is 5.92 Å². The molecule has 0 aliphatic heterocycles. The van der Waals surface area contributed by atoms with Crippen LogP contribution in [0.25, 0.3) is 0 Å². The number of rotatable bonds is 5. The van der Waals surface area contributed by atoms with Crippen LogP contribution in [0.4, 0.5) is 0 Å². The third kappa shape index (κ3) is 5.19. The second-order valence-corrected chi connectivity index (χ2v) is 7.57. The summed E-state index contributed by atoms with van der Waals surface area (Å²) in [6.45, 7) is 7.77. The molecule has 0 aromatic heterocycles. The van der Waals surface area contributed by atoms with Crippen molar-refractivity contribution in [1.82, 2.24) is 5.32 Å². The Labute approximate surface area is 122 Å². The fourth-order valence-electron chi connectivity index (χ4n) is 2.73. The summed E-state index contributed by atoms with van der Waals surface area (Å²) in [5.74, 6) is 0.914. The number of thioether (sulfide) groups is 1. The molecule has 106 valence electrons. The van der Waals surface area contributed by atoms with Crippen molar-refractivity contribution in [2.24, 2.45) is 5.92 Å². The first kappa shape index (κ1) is 14.9. The van der Waals surface area contributed by atoms with Crippen LogP contribution in [-0.2, 0) is 6.54 Å². The monoisotopic (exact) mass is 277 g/mol. The van der Waals surface area contributed by atoms with Gasteiger partial charge in [-0.3, -0.25) is 0 Å². The summed E-state index contributed by atoms with van der Waals surface area (Å²) >= 11 is 2.09. The highest BCUT2D eigenvalue weighted by Crippen LogP contribution is 2.36. The van der Waals surface area contributed by atoms with Crippen molar-refractivity contribution >= 4 is 11.8 Å². The summed E-state index contributed by atoms with van der Waals surface area (Å²) in [5, 5.41) is 4.32. The SMILES string of the molecule is CC1CCCC(Sc2cccc(CNC(C)C)c2)C1. The molecule has 0 saturated heterocycles. The second-order valence-electron chi connectivity index (χ2n) is 6.19. The van der Waals surface area contributed by atoms with Crippen LogP contribution >= 0.6 is 11.8 Å². The second kappa shape index (κ2) is 7.35. The van der Waals surface area contributed by atoms with Crippen molar-refractivity contribution in [2.45, 2.75) is 69.2 Å². The summed E-state index contributed by atoms with van der Waals surface area (Å²) in [6, 6.07) is 9.60. The first-order valence-electron chi connectivity index (χ1n) is 7.62. The summed E-state index contributed by atoms with van der Waals surface area (Å²) in [7, 11) is 0. The van der Waals surface area contributed by atoms with Gasteiger partial charge in [-0.05, 0) is 36.5 Å². The van der Waals surface area contributed by atoms with E-state index in [0.717, 1.165) is 17.7 Å². The van der Waals surface area contributed by atoms with Crippen molar-refractivity contribution in [3.8, 4) is 0 Å². The van der Waals surface area contributed by atoms with Crippen LogP contribution in [0.1, 0.15) is 52.0 Å². The Bertz CT molecular complexity index is 389. The van der Waals surface area contributed by atoms with Gasteiger partial charge in [-0.1, -0.05) is 45.7 Å². The van der Waals surface area contributed by atoms with Crippen LogP contribution < -0.4 is 5.32 Å². The van der Waals surface area contributed by atoms with Crippen LogP contribution in [-0.4, -0.2) is 11.3 Å². The van der Waals surface area contributed by atoms with Crippen molar-refractivity contribution in [2.75, 3.05) is 0 Å². The van der Waals surface area contributed by atoms with E-state index in [1.54, 1.807) is 0 Å². The molecule has 1 aromatic carbocycles. The number of benzene rings is 1. The maximum atomic E-state index is 3.49. The van der Waals surface area contributed by atoms with Gasteiger partial charge in [-0.2, -0.15) is 0 Å². The summed E-state index contributed by atoms with van der Waals surface area (Å²) in [4.78, 5) is 1.45. The lowest BCUT2D eigenvalue weighted by atomic mass is 9.91. The number of nitrogens with one attached hydrogen (secondary N) is 1. The van der Waals surface area contributed by atoms with Crippen molar-refractivity contribution in [3.63, 3.8) is 0 Å². The molecule has 1 aromatic rings. The minimum atomic E-state index is 0.551. The Morgan fingerprint density at radius 1 is 1.32 bits per heavy atom. The van der Waals surface area contributed by atoms with E-state index in [-0.39, 0.29) is 0 Å². The molecule has 1 aliphatic carbocycles. The molecular formula is C17H27NS. The van der Waals surface area contributed by atoms with Gasteiger partial charge in [0.15, 0.2) is 0 Å². The Morgan fingerprint density at radius 3 is 2.89 bits per heavy atom. The molecule has 2 heteroatoms. The standard InChI is InChI=1S/C17H27NS/c1-13(2)18-12-15-7-5-9-17(11-15)19-16-8-4-6-14(3)10-16/h5,7,9,11,13-14,16,18H,4,6,8,10,12H2,1-3H3. The smallest absolute Gasteiger partial charge is 0.0208 e. The van der Waals surface area contributed by atoms with E-state index < -0.39 is 0 Å². The van der Waals surface area contributed by atoms with E-state index in [2.05, 4.69) is 62.1 Å². The van der Waals surface area contributed by atoms with Crippen LogP contribution in [0.5, 0.6) is 0 Å². The van der Waals surface area contributed by atoms with E-state index in [9.17, 15) is 0 Å². The molecule has 1 saturated carbocycles. The molecule has 2 unspecified atom stereocenters. The van der Waals surface area contributed by atoms with Crippen LogP contribution in [0.15, 0.2) is 29.2 Å². The minimum Gasteiger partial charge on any atom is -0.310 e. The van der Waals surface area contributed by atoms with Crippen molar-refractivity contribution < 1.29 is 0 Å². The van der Waals surface area contributed by atoms with Gasteiger partial charge in [0.2, 0.25) is 0 Å². The highest BCUT2D eigenvalue weighted by molar-refractivity contribution is 8.00. The third-order valence-corrected chi connectivity index (χ3v) is 5.09. The van der Waals surface area contributed by atoms with Gasteiger partial charge in [-0.25, -0.2) is 0 Å². The molecule has 0 bridgehead atoms. The predicted octanol–water partition coefficient (Wildman–Crippen LogP) is 4.86. The fourth-order valence-corrected chi connectivity index (χ4v) is 4.20. The van der Waals surface area contributed by atoms with Crippen LogP contribution in [0.2, 0.25) is 0 Å². The van der Waals surface area contributed by atoms with Gasteiger partial charge < -0.3 is 5.32 Å². The normalized spacial score (nSPS) is 23.8. The Balaban J connectivity index is 1.90. The van der Waals surface area contributed by atoms with Gasteiger partial charge in [0.1, 0.15) is 0 Å². The average Bonchev–Trinajstić information content (AvgIpc) is 2.37. The molecule has 19 heavy (non-hydrogen) atoms. The first-order valence-corrected chi connectivity index (χ1v) is 8.50. The molecule has 0 radical (unpaired) electrons. The molecule has 2 rings (SSSR count). The van der Waals surface area contributed by atoms with E-state index in [1.807, 2.05) is 0 Å². The molecule has 1 fully saturated rings. The molecule has 1 N–H and O–H groups in total. The lowest BCUT2D eigenvalue weighted by Gasteiger charge is -2.26. The highest BCUT2D eigenvalue weighted by atomic mass is 32.2. The molecule has 0 heterocycles. The zero-order valence-corrected chi connectivity index (χ0v) is 13.3. The molecule has 0 spiro atoms. The topological polar surface area (TPSA) is 12.0 Å². The van der Waals surface area contributed by atoms with E-state index in [0.29, 0.717) is 6.04 Å². The summed E-state index contributed by atoms with van der Waals surface area (Å²) in [5.41, 5.74) is 1.41. The van der Waals surface area contributed by atoms with Gasteiger partial charge in [0.05, 0.1) is 0 Å². The fraction of sp³-hybridized carbons (Fsp3) is 0.647. The third-order valence-electron chi connectivity index (χ3n) is 3.80. The van der Waals surface area contributed by atoms with E-state index in [4.69, 9.17) is 0 Å². The van der Waals surface area contributed by atoms with Crippen LogP contribution in [0.3, 0.4) is 0 Å². The Kier molecular flexibility index (Phi) is 5.77.